The molecular formula is C14H20N3O7S+. The van der Waals surface area contributed by atoms with Gasteiger partial charge in [0.25, 0.3) is 5.91 Å². The summed E-state index contributed by atoms with van der Waals surface area (Å²) in [5, 5.41) is 19.2. The molecule has 2 aliphatic heterocycles. The number of carbonyl (C=O) groups excluding carboxylic acids is 3. The lowest BCUT2D eigenvalue weighted by molar-refractivity contribution is -0.409. The van der Waals surface area contributed by atoms with Crippen LogP contribution in [-0.2, 0) is 24.1 Å². The average molecular weight is 377 g/mol. The molecule has 2 heterocycles. The number of carbonyl (C=O) groups is 4. The molecule has 0 radical (unpaired) electrons. The van der Waals surface area contributed by atoms with Crippen LogP contribution in [0.1, 0.15) is 30.2 Å². The number of carboxylic acids is 1. The first kappa shape index (κ1) is 15.2. The van der Waals surface area contributed by atoms with Crippen molar-refractivity contribution in [3.63, 3.8) is 0 Å². The van der Waals surface area contributed by atoms with E-state index in [0.717, 1.165) is 16.7 Å². The quantitative estimate of drug-likeness (QED) is 0.238. The van der Waals surface area contributed by atoms with Gasteiger partial charge < -0.3 is 16.2 Å². The Kier molecular flexibility index (Phi) is 4.76. The van der Waals surface area contributed by atoms with Crippen LogP contribution in [0.2, 0.25) is 0 Å². The van der Waals surface area contributed by atoms with Crippen molar-refractivity contribution in [2.75, 3.05) is 5.75 Å². The van der Waals surface area contributed by atoms with Gasteiger partial charge >= 0.3 is 11.9 Å². The standard InChI is InChI=1S/C14H19N3O7S/c1-6-5-25-12-9(11(19)17(12)10(6)14(22)24-23)16-8(18)4-2-3-7(15)13(20)21/h7,9,12,23H,2-5,15H2,1H3,(H,16,18)(H,20,21)/p+1/t7-,9-,12-/m1/s1/i1D3. The molecule has 3 atom stereocenters. The summed E-state index contributed by atoms with van der Waals surface area (Å²) in [6, 6.07) is -1.80. The lowest BCUT2D eigenvalue weighted by atomic mass is 10.0. The number of β-lactam (4-membered cyclic amide) rings is 1. The van der Waals surface area contributed by atoms with Gasteiger partial charge in [-0.05, 0) is 18.8 Å². The number of nitrogens with one attached hydrogen (secondary N) is 1. The van der Waals surface area contributed by atoms with E-state index in [1.165, 1.54) is 0 Å². The van der Waals surface area contributed by atoms with Crippen molar-refractivity contribution in [3.8, 4) is 0 Å². The van der Waals surface area contributed by atoms with Gasteiger partial charge in [-0.1, -0.05) is 0 Å². The molecule has 6 N–H and O–H groups in total. The third-order valence-corrected chi connectivity index (χ3v) is 5.15. The van der Waals surface area contributed by atoms with Crippen LogP contribution in [0.25, 0.3) is 0 Å². The van der Waals surface area contributed by atoms with Crippen molar-refractivity contribution in [3.05, 3.63) is 11.3 Å². The lowest BCUT2D eigenvalue weighted by Gasteiger charge is -2.49. The second kappa shape index (κ2) is 7.85. The topological polar surface area (TPSA) is 161 Å². The number of amides is 2. The zero-order valence-corrected chi connectivity index (χ0v) is 13.9. The number of carboxylic acid groups (broad SMARTS) is 1. The van der Waals surface area contributed by atoms with Crippen LogP contribution in [-0.4, -0.2) is 62.2 Å². The zero-order valence-electron chi connectivity index (χ0n) is 16.1. The average Bonchev–Trinajstić information content (AvgIpc) is 2.62. The lowest BCUT2D eigenvalue weighted by Crippen LogP contribution is -2.70. The summed E-state index contributed by atoms with van der Waals surface area (Å²) >= 11 is 1.06. The van der Waals surface area contributed by atoms with Crippen LogP contribution < -0.4 is 11.1 Å². The summed E-state index contributed by atoms with van der Waals surface area (Å²) in [7, 11) is 0. The molecule has 1 saturated heterocycles. The van der Waals surface area contributed by atoms with Crippen molar-refractivity contribution in [2.45, 2.75) is 43.6 Å². The second-order valence-corrected chi connectivity index (χ2v) is 6.69. The van der Waals surface area contributed by atoms with E-state index in [-0.39, 0.29) is 30.6 Å². The molecular weight excluding hydrogens is 354 g/mol. The summed E-state index contributed by atoms with van der Waals surface area (Å²) in [5.41, 5.74) is 2.58. The predicted molar refractivity (Wildman–Crippen MR) is 84.6 cm³/mol. The van der Waals surface area contributed by atoms with E-state index in [1.54, 1.807) is 0 Å². The fourth-order valence-electron chi connectivity index (χ4n) is 2.53. The predicted octanol–water partition coefficient (Wildman–Crippen LogP) is -1.46. The molecule has 2 rings (SSSR count). The highest BCUT2D eigenvalue weighted by molar-refractivity contribution is 8.00. The SMILES string of the molecule is [2H]C([2H])([2H])C1=C(C(=O)OO)N2C(=O)[C@@H](NC(=O)CCC[C@@H]([NH3+])C(=O)O)[C@H]2SC1. The normalized spacial score (nSPS) is 25.8. The second-order valence-electron chi connectivity index (χ2n) is 5.59. The molecule has 0 unspecified atom stereocenters. The summed E-state index contributed by atoms with van der Waals surface area (Å²) in [6.07, 6.45) is 0.450. The van der Waals surface area contributed by atoms with Gasteiger partial charge in [-0.2, -0.15) is 5.26 Å². The van der Waals surface area contributed by atoms with E-state index >= 15 is 0 Å². The number of hydrogen-bond donors (Lipinski definition) is 4. The highest BCUT2D eigenvalue weighted by Crippen LogP contribution is 2.40. The van der Waals surface area contributed by atoms with Gasteiger partial charge in [0.1, 0.15) is 17.1 Å². The molecule has 0 aromatic carbocycles. The Morgan fingerprint density at radius 2 is 2.28 bits per heavy atom. The molecule has 0 aliphatic carbocycles. The van der Waals surface area contributed by atoms with Crippen molar-refractivity contribution < 1.29 is 44.3 Å². The van der Waals surface area contributed by atoms with E-state index in [2.05, 4.69) is 15.9 Å². The number of rotatable bonds is 7. The van der Waals surface area contributed by atoms with E-state index in [4.69, 9.17) is 14.5 Å². The van der Waals surface area contributed by atoms with Crippen LogP contribution in [0.4, 0.5) is 0 Å². The van der Waals surface area contributed by atoms with E-state index < -0.39 is 53.8 Å². The molecule has 25 heavy (non-hydrogen) atoms. The van der Waals surface area contributed by atoms with Crippen molar-refractivity contribution in [1.82, 2.24) is 10.2 Å². The molecule has 2 aliphatic rings. The largest absolute Gasteiger partial charge is 0.477 e. The molecule has 0 bridgehead atoms. The summed E-state index contributed by atoms with van der Waals surface area (Å²) < 4.78 is 22.5. The van der Waals surface area contributed by atoms with Gasteiger partial charge in [0.05, 0.1) is 0 Å². The number of quaternary nitrogens is 1. The summed E-state index contributed by atoms with van der Waals surface area (Å²) in [5.74, 6) is -3.71. The third kappa shape index (κ3) is 3.94. The van der Waals surface area contributed by atoms with Crippen LogP contribution in [0.15, 0.2) is 11.3 Å². The maximum Gasteiger partial charge on any atom is 0.389 e. The highest BCUT2D eigenvalue weighted by Gasteiger charge is 2.54. The minimum absolute atomic E-state index is 0.0115. The fourth-order valence-corrected chi connectivity index (χ4v) is 3.74. The Labute approximate surface area is 151 Å². The molecule has 1 fully saturated rings. The zero-order chi connectivity index (χ0) is 21.2. The Morgan fingerprint density at radius 3 is 2.88 bits per heavy atom. The molecule has 10 nitrogen and oxygen atoms in total. The number of hydrogen-bond acceptors (Lipinski definition) is 7. The van der Waals surface area contributed by atoms with Crippen LogP contribution in [0, 0.1) is 0 Å². The van der Waals surface area contributed by atoms with Crippen molar-refractivity contribution in [1.29, 1.82) is 0 Å². The van der Waals surface area contributed by atoms with Gasteiger partial charge in [0.15, 0.2) is 6.04 Å². The molecule has 11 heteroatoms. The number of fused-ring (bicyclic) bond motifs is 1. The van der Waals surface area contributed by atoms with Crippen LogP contribution in [0.5, 0.6) is 0 Å². The first-order valence-electron chi connectivity index (χ1n) is 8.88. The van der Waals surface area contributed by atoms with Crippen LogP contribution in [0.3, 0.4) is 0 Å². The summed E-state index contributed by atoms with van der Waals surface area (Å²) in [6.45, 7) is -2.66. The van der Waals surface area contributed by atoms with Gasteiger partial charge in [0, 0.05) is 22.7 Å². The maximum atomic E-state index is 12.4. The molecule has 2 amide bonds. The molecule has 0 saturated carbocycles. The third-order valence-electron chi connectivity index (χ3n) is 3.87. The monoisotopic (exact) mass is 377 g/mol. The smallest absolute Gasteiger partial charge is 0.389 e. The van der Waals surface area contributed by atoms with Gasteiger partial charge in [-0.25, -0.2) is 9.59 Å². The Bertz CT molecular complexity index is 727. The van der Waals surface area contributed by atoms with Crippen molar-refractivity contribution in [2.24, 2.45) is 0 Å². The van der Waals surface area contributed by atoms with Gasteiger partial charge in [-0.3, -0.25) is 19.4 Å². The Morgan fingerprint density at radius 1 is 1.56 bits per heavy atom. The summed E-state index contributed by atoms with van der Waals surface area (Å²) in [4.78, 5) is 51.5. The Balaban J connectivity index is 2.03. The number of nitrogens with zero attached hydrogens (tertiary/aromatic N) is 1. The van der Waals surface area contributed by atoms with E-state index in [0.29, 0.717) is 0 Å². The van der Waals surface area contributed by atoms with Crippen LogP contribution >= 0.6 is 11.8 Å². The highest BCUT2D eigenvalue weighted by atomic mass is 32.2. The van der Waals surface area contributed by atoms with Gasteiger partial charge in [0.2, 0.25) is 5.91 Å². The van der Waals surface area contributed by atoms with E-state index in [1.807, 2.05) is 0 Å². The Hall–Kier alpha value is -2.11. The molecule has 0 aromatic rings. The number of thioether (sulfide) groups is 1. The van der Waals surface area contributed by atoms with Crippen molar-refractivity contribution >= 4 is 35.5 Å². The number of aliphatic carboxylic acids is 1. The minimum atomic E-state index is -2.66. The van der Waals surface area contributed by atoms with Gasteiger partial charge in [-0.15, -0.1) is 11.8 Å². The first-order chi connectivity index (χ1) is 13.0. The first-order valence-corrected chi connectivity index (χ1v) is 8.43. The molecule has 138 valence electrons. The fraction of sp³-hybridized carbons (Fsp3) is 0.571. The van der Waals surface area contributed by atoms with E-state index in [9.17, 15) is 19.2 Å². The molecule has 0 spiro atoms. The minimum Gasteiger partial charge on any atom is -0.477 e. The molecule has 0 aromatic heterocycles. The maximum absolute atomic E-state index is 12.4.